The Morgan fingerprint density at radius 1 is 1.38 bits per heavy atom. The van der Waals surface area contributed by atoms with Gasteiger partial charge in [-0.3, -0.25) is 9.48 Å². The van der Waals surface area contributed by atoms with E-state index in [1.165, 1.54) is 0 Å². The fourth-order valence-corrected chi connectivity index (χ4v) is 1.94. The SMILES string of the molecule is CCCNc1ncccc1C(=O)NCCn1cc(C)cn1. The molecule has 0 saturated heterocycles. The average Bonchev–Trinajstić information content (AvgIpc) is 2.91. The highest BCUT2D eigenvalue weighted by molar-refractivity contribution is 5.98. The van der Waals surface area contributed by atoms with E-state index in [-0.39, 0.29) is 5.91 Å². The van der Waals surface area contributed by atoms with Gasteiger partial charge < -0.3 is 10.6 Å². The van der Waals surface area contributed by atoms with Crippen molar-refractivity contribution in [2.75, 3.05) is 18.4 Å². The molecule has 1 amide bonds. The van der Waals surface area contributed by atoms with Crippen molar-refractivity contribution in [1.82, 2.24) is 20.1 Å². The Balaban J connectivity index is 1.90. The smallest absolute Gasteiger partial charge is 0.255 e. The van der Waals surface area contributed by atoms with E-state index in [0.717, 1.165) is 18.5 Å². The highest BCUT2D eigenvalue weighted by Gasteiger charge is 2.11. The van der Waals surface area contributed by atoms with Crippen LogP contribution in [0.5, 0.6) is 0 Å². The molecule has 2 heterocycles. The number of hydrogen-bond donors (Lipinski definition) is 2. The van der Waals surface area contributed by atoms with Gasteiger partial charge in [0.15, 0.2) is 0 Å². The highest BCUT2D eigenvalue weighted by atomic mass is 16.1. The number of carbonyl (C=O) groups is 1. The maximum absolute atomic E-state index is 12.2. The standard InChI is InChI=1S/C15H21N5O/c1-3-6-16-14-13(5-4-7-17-14)15(21)18-8-9-20-11-12(2)10-19-20/h4-5,7,10-11H,3,6,8-9H2,1-2H3,(H,16,17)(H,18,21). The van der Waals surface area contributed by atoms with Crippen LogP contribution in [0, 0.1) is 6.92 Å². The van der Waals surface area contributed by atoms with Gasteiger partial charge in [-0.1, -0.05) is 6.92 Å². The third kappa shape index (κ3) is 4.30. The highest BCUT2D eigenvalue weighted by Crippen LogP contribution is 2.11. The Labute approximate surface area is 124 Å². The predicted molar refractivity (Wildman–Crippen MR) is 82.3 cm³/mol. The third-order valence-electron chi connectivity index (χ3n) is 2.98. The number of rotatable bonds is 7. The number of pyridine rings is 1. The number of nitrogens with one attached hydrogen (secondary N) is 2. The number of anilines is 1. The van der Waals surface area contributed by atoms with Gasteiger partial charge in [-0.05, 0) is 31.0 Å². The van der Waals surface area contributed by atoms with Crippen LogP contribution < -0.4 is 10.6 Å². The van der Waals surface area contributed by atoms with Gasteiger partial charge in [0.1, 0.15) is 5.82 Å². The Hall–Kier alpha value is -2.37. The molecule has 0 aromatic carbocycles. The van der Waals surface area contributed by atoms with Gasteiger partial charge in [0, 0.05) is 25.5 Å². The quantitative estimate of drug-likeness (QED) is 0.815. The summed E-state index contributed by atoms with van der Waals surface area (Å²) >= 11 is 0. The van der Waals surface area contributed by atoms with Crippen LogP contribution in [0.1, 0.15) is 29.3 Å². The molecule has 2 aromatic rings. The normalized spacial score (nSPS) is 10.4. The molecule has 0 radical (unpaired) electrons. The number of hydrogen-bond acceptors (Lipinski definition) is 4. The molecule has 0 aliphatic rings. The van der Waals surface area contributed by atoms with Crippen LogP contribution in [0.4, 0.5) is 5.82 Å². The zero-order valence-corrected chi connectivity index (χ0v) is 12.5. The second-order valence-corrected chi connectivity index (χ2v) is 4.86. The molecule has 0 aliphatic carbocycles. The van der Waals surface area contributed by atoms with E-state index in [4.69, 9.17) is 0 Å². The molecule has 2 N–H and O–H groups in total. The van der Waals surface area contributed by atoms with Crippen LogP contribution in [0.3, 0.4) is 0 Å². The van der Waals surface area contributed by atoms with Gasteiger partial charge in [0.2, 0.25) is 0 Å². The van der Waals surface area contributed by atoms with E-state index in [9.17, 15) is 4.79 Å². The van der Waals surface area contributed by atoms with E-state index in [1.54, 1.807) is 24.5 Å². The summed E-state index contributed by atoms with van der Waals surface area (Å²) in [6, 6.07) is 3.54. The minimum absolute atomic E-state index is 0.120. The Bertz CT molecular complexity index is 593. The summed E-state index contributed by atoms with van der Waals surface area (Å²) in [5.41, 5.74) is 1.68. The number of nitrogens with zero attached hydrogens (tertiary/aromatic N) is 3. The summed E-state index contributed by atoms with van der Waals surface area (Å²) in [6.07, 6.45) is 6.41. The molecule has 0 bridgehead atoms. The molecule has 2 rings (SSSR count). The lowest BCUT2D eigenvalue weighted by Crippen LogP contribution is -2.28. The van der Waals surface area contributed by atoms with Crippen molar-refractivity contribution in [1.29, 1.82) is 0 Å². The summed E-state index contributed by atoms with van der Waals surface area (Å²) < 4.78 is 1.81. The van der Waals surface area contributed by atoms with Gasteiger partial charge in [-0.25, -0.2) is 4.98 Å². The lowest BCUT2D eigenvalue weighted by atomic mass is 10.2. The first-order valence-corrected chi connectivity index (χ1v) is 7.17. The summed E-state index contributed by atoms with van der Waals surface area (Å²) in [7, 11) is 0. The second-order valence-electron chi connectivity index (χ2n) is 4.86. The predicted octanol–water partition coefficient (Wildman–Crippen LogP) is 1.84. The maximum Gasteiger partial charge on any atom is 0.255 e. The minimum Gasteiger partial charge on any atom is -0.369 e. The summed E-state index contributed by atoms with van der Waals surface area (Å²) in [5.74, 6) is 0.511. The first-order chi connectivity index (χ1) is 10.2. The second kappa shape index (κ2) is 7.42. The van der Waals surface area contributed by atoms with Crippen LogP contribution in [-0.4, -0.2) is 33.8 Å². The number of amides is 1. The monoisotopic (exact) mass is 287 g/mol. The van der Waals surface area contributed by atoms with E-state index < -0.39 is 0 Å². The Kier molecular flexibility index (Phi) is 5.31. The van der Waals surface area contributed by atoms with E-state index in [0.29, 0.717) is 24.5 Å². The summed E-state index contributed by atoms with van der Waals surface area (Å²) in [5, 5.41) is 10.2. The largest absolute Gasteiger partial charge is 0.369 e. The van der Waals surface area contributed by atoms with E-state index >= 15 is 0 Å². The van der Waals surface area contributed by atoms with Crippen LogP contribution in [0.25, 0.3) is 0 Å². The zero-order chi connectivity index (χ0) is 15.1. The van der Waals surface area contributed by atoms with Gasteiger partial charge >= 0.3 is 0 Å². The molecule has 0 unspecified atom stereocenters. The number of aryl methyl sites for hydroxylation is 1. The molecule has 21 heavy (non-hydrogen) atoms. The van der Waals surface area contributed by atoms with Crippen molar-refractivity contribution in [2.24, 2.45) is 0 Å². The molecular weight excluding hydrogens is 266 g/mol. The van der Waals surface area contributed by atoms with Crippen LogP contribution in [0.2, 0.25) is 0 Å². The molecule has 112 valence electrons. The Morgan fingerprint density at radius 3 is 2.95 bits per heavy atom. The van der Waals surface area contributed by atoms with Gasteiger partial charge in [0.25, 0.3) is 5.91 Å². The fourth-order valence-electron chi connectivity index (χ4n) is 1.94. The van der Waals surface area contributed by atoms with Crippen LogP contribution in [-0.2, 0) is 6.54 Å². The first-order valence-electron chi connectivity index (χ1n) is 7.17. The lowest BCUT2D eigenvalue weighted by Gasteiger charge is -2.10. The molecule has 0 aliphatic heterocycles. The van der Waals surface area contributed by atoms with Crippen molar-refractivity contribution in [3.63, 3.8) is 0 Å². The van der Waals surface area contributed by atoms with Crippen molar-refractivity contribution in [2.45, 2.75) is 26.8 Å². The topological polar surface area (TPSA) is 71.8 Å². The molecule has 0 atom stereocenters. The van der Waals surface area contributed by atoms with Crippen molar-refractivity contribution in [3.05, 3.63) is 41.9 Å². The summed E-state index contributed by atoms with van der Waals surface area (Å²) in [4.78, 5) is 16.4. The van der Waals surface area contributed by atoms with Crippen molar-refractivity contribution >= 4 is 11.7 Å². The maximum atomic E-state index is 12.2. The van der Waals surface area contributed by atoms with Gasteiger partial charge in [-0.15, -0.1) is 0 Å². The molecular formula is C15H21N5O. The average molecular weight is 287 g/mol. The van der Waals surface area contributed by atoms with Crippen LogP contribution in [0.15, 0.2) is 30.7 Å². The van der Waals surface area contributed by atoms with Gasteiger partial charge in [-0.2, -0.15) is 5.10 Å². The molecule has 0 saturated carbocycles. The zero-order valence-electron chi connectivity index (χ0n) is 12.5. The minimum atomic E-state index is -0.120. The van der Waals surface area contributed by atoms with Crippen molar-refractivity contribution in [3.8, 4) is 0 Å². The fraction of sp³-hybridized carbons (Fsp3) is 0.400. The molecule has 2 aromatic heterocycles. The van der Waals surface area contributed by atoms with Crippen molar-refractivity contribution < 1.29 is 4.79 Å². The molecule has 6 heteroatoms. The molecule has 6 nitrogen and oxygen atoms in total. The van der Waals surface area contributed by atoms with E-state index in [1.807, 2.05) is 17.8 Å². The molecule has 0 spiro atoms. The van der Waals surface area contributed by atoms with E-state index in [2.05, 4.69) is 27.6 Å². The van der Waals surface area contributed by atoms with Crippen LogP contribution >= 0.6 is 0 Å². The number of aromatic nitrogens is 3. The molecule has 0 fully saturated rings. The van der Waals surface area contributed by atoms with Gasteiger partial charge in [0.05, 0.1) is 18.3 Å². The Morgan fingerprint density at radius 2 is 2.24 bits per heavy atom. The lowest BCUT2D eigenvalue weighted by molar-refractivity contribution is 0.0952. The first kappa shape index (κ1) is 15.0. The third-order valence-corrected chi connectivity index (χ3v) is 2.98. The summed E-state index contributed by atoms with van der Waals surface area (Å²) in [6.45, 7) is 6.04. The number of carbonyl (C=O) groups excluding carboxylic acids is 1.